The van der Waals surface area contributed by atoms with Crippen LogP contribution in [0, 0.1) is 11.8 Å². The Kier molecular flexibility index (Phi) is 5.33. The lowest BCUT2D eigenvalue weighted by Crippen LogP contribution is -2.54. The monoisotopic (exact) mass is 395 g/mol. The van der Waals surface area contributed by atoms with Crippen molar-refractivity contribution in [2.24, 2.45) is 11.8 Å². The van der Waals surface area contributed by atoms with Gasteiger partial charge in [0, 0.05) is 37.8 Å². The van der Waals surface area contributed by atoms with Gasteiger partial charge in [0.15, 0.2) is 0 Å². The number of amides is 1. The smallest absolute Gasteiger partial charge is 0.228 e. The van der Waals surface area contributed by atoms with Gasteiger partial charge in [-0.1, -0.05) is 0 Å². The first-order chi connectivity index (χ1) is 14.3. The standard InChI is InChI=1S/C22H29N5O2/c28-21(5-1-4-18-17-9-15(11-25-18)10-24-13-17)27-8-6-20-19(14-27)26-22(29-20)16-3-2-7-23-12-16/h2-3,7,12,15,17-18,24-25H,1,4-6,8-11,13-14H2/t15-,17+,18-/m0/s1. The Hall–Kier alpha value is -2.25. The fourth-order valence-corrected chi connectivity index (χ4v) is 5.01. The summed E-state index contributed by atoms with van der Waals surface area (Å²) >= 11 is 0. The zero-order valence-corrected chi connectivity index (χ0v) is 16.8. The molecule has 0 spiro atoms. The number of pyridine rings is 1. The molecule has 7 heteroatoms. The minimum absolute atomic E-state index is 0.233. The third-order valence-electron chi connectivity index (χ3n) is 6.61. The average molecular weight is 396 g/mol. The van der Waals surface area contributed by atoms with E-state index < -0.39 is 0 Å². The zero-order valence-electron chi connectivity index (χ0n) is 16.8. The molecule has 2 fully saturated rings. The van der Waals surface area contributed by atoms with Gasteiger partial charge in [-0.3, -0.25) is 9.78 Å². The number of fused-ring (bicyclic) bond motifs is 3. The highest BCUT2D eigenvalue weighted by Gasteiger charge is 2.33. The summed E-state index contributed by atoms with van der Waals surface area (Å²) in [6.45, 7) is 4.64. The number of piperidine rings is 2. The largest absolute Gasteiger partial charge is 0.441 e. The van der Waals surface area contributed by atoms with E-state index in [1.165, 1.54) is 6.42 Å². The molecule has 154 valence electrons. The first-order valence-corrected chi connectivity index (χ1v) is 10.9. The lowest BCUT2D eigenvalue weighted by atomic mass is 9.80. The van der Waals surface area contributed by atoms with Crippen LogP contribution in [-0.4, -0.2) is 53.0 Å². The molecule has 2 N–H and O–H groups in total. The van der Waals surface area contributed by atoms with Gasteiger partial charge in [-0.2, -0.15) is 0 Å². The summed E-state index contributed by atoms with van der Waals surface area (Å²) in [7, 11) is 0. The zero-order chi connectivity index (χ0) is 19.6. The highest BCUT2D eigenvalue weighted by Crippen LogP contribution is 2.28. The van der Waals surface area contributed by atoms with Crippen LogP contribution in [0.15, 0.2) is 28.9 Å². The normalized spacial score (nSPS) is 26.2. The minimum Gasteiger partial charge on any atom is -0.441 e. The summed E-state index contributed by atoms with van der Waals surface area (Å²) in [6.07, 6.45) is 8.19. The molecular weight excluding hydrogens is 366 g/mol. The van der Waals surface area contributed by atoms with Gasteiger partial charge in [0.2, 0.25) is 11.8 Å². The van der Waals surface area contributed by atoms with Gasteiger partial charge in [-0.25, -0.2) is 4.98 Å². The number of hydrogen-bond acceptors (Lipinski definition) is 6. The van der Waals surface area contributed by atoms with Crippen LogP contribution in [0.1, 0.15) is 37.1 Å². The Morgan fingerprint density at radius 2 is 2.28 bits per heavy atom. The van der Waals surface area contributed by atoms with Gasteiger partial charge in [-0.15, -0.1) is 0 Å². The van der Waals surface area contributed by atoms with E-state index in [0.717, 1.165) is 67.8 Å². The van der Waals surface area contributed by atoms with Crippen molar-refractivity contribution in [3.8, 4) is 11.5 Å². The second kappa shape index (κ2) is 8.24. The van der Waals surface area contributed by atoms with E-state index >= 15 is 0 Å². The number of nitrogens with zero attached hydrogens (tertiary/aromatic N) is 3. The highest BCUT2D eigenvalue weighted by atomic mass is 16.4. The summed E-state index contributed by atoms with van der Waals surface area (Å²) in [5.41, 5.74) is 1.76. The van der Waals surface area contributed by atoms with Crippen molar-refractivity contribution < 1.29 is 9.21 Å². The fraction of sp³-hybridized carbons (Fsp3) is 0.591. The summed E-state index contributed by atoms with van der Waals surface area (Å²) in [5, 5.41) is 7.27. The van der Waals surface area contributed by atoms with Crippen LogP contribution in [0.5, 0.6) is 0 Å². The van der Waals surface area contributed by atoms with Crippen molar-refractivity contribution in [3.63, 3.8) is 0 Å². The molecule has 2 aromatic rings. The number of hydrogen-bond donors (Lipinski definition) is 2. The van der Waals surface area contributed by atoms with Crippen molar-refractivity contribution >= 4 is 5.91 Å². The number of aromatic nitrogens is 2. The van der Waals surface area contributed by atoms with Crippen molar-refractivity contribution in [1.29, 1.82) is 0 Å². The van der Waals surface area contributed by atoms with Crippen molar-refractivity contribution in [3.05, 3.63) is 36.0 Å². The lowest BCUT2D eigenvalue weighted by molar-refractivity contribution is -0.132. The van der Waals surface area contributed by atoms with Crippen LogP contribution < -0.4 is 10.6 Å². The number of carbonyl (C=O) groups is 1. The second-order valence-electron chi connectivity index (χ2n) is 8.62. The van der Waals surface area contributed by atoms with Crippen LogP contribution >= 0.6 is 0 Å². The van der Waals surface area contributed by atoms with E-state index in [9.17, 15) is 4.79 Å². The molecule has 3 aliphatic heterocycles. The van der Waals surface area contributed by atoms with Crippen molar-refractivity contribution in [2.45, 2.75) is 44.7 Å². The predicted molar refractivity (Wildman–Crippen MR) is 109 cm³/mol. The fourth-order valence-electron chi connectivity index (χ4n) is 5.01. The van der Waals surface area contributed by atoms with Gasteiger partial charge in [0.05, 0.1) is 12.1 Å². The molecule has 5 rings (SSSR count). The van der Waals surface area contributed by atoms with Gasteiger partial charge >= 0.3 is 0 Å². The molecule has 2 saturated heterocycles. The first kappa shape index (κ1) is 18.8. The van der Waals surface area contributed by atoms with Crippen LogP contribution in [0.3, 0.4) is 0 Å². The lowest BCUT2D eigenvalue weighted by Gasteiger charge is -2.41. The Bertz CT molecular complexity index is 852. The Morgan fingerprint density at radius 3 is 3.17 bits per heavy atom. The third kappa shape index (κ3) is 4.07. The molecule has 0 radical (unpaired) electrons. The quantitative estimate of drug-likeness (QED) is 0.806. The molecule has 0 unspecified atom stereocenters. The summed E-state index contributed by atoms with van der Waals surface area (Å²) in [5.74, 6) is 3.24. The molecule has 3 aliphatic rings. The van der Waals surface area contributed by atoms with E-state index in [-0.39, 0.29) is 5.91 Å². The molecule has 0 aliphatic carbocycles. The van der Waals surface area contributed by atoms with E-state index in [0.29, 0.717) is 31.4 Å². The topological polar surface area (TPSA) is 83.3 Å². The van der Waals surface area contributed by atoms with Crippen LogP contribution in [0.25, 0.3) is 11.5 Å². The third-order valence-corrected chi connectivity index (χ3v) is 6.61. The molecular formula is C22H29N5O2. The van der Waals surface area contributed by atoms with Crippen LogP contribution in [0.2, 0.25) is 0 Å². The number of oxazole rings is 1. The molecule has 2 aromatic heterocycles. The van der Waals surface area contributed by atoms with E-state index in [1.54, 1.807) is 12.4 Å². The Labute approximate surface area is 171 Å². The Morgan fingerprint density at radius 1 is 1.31 bits per heavy atom. The van der Waals surface area contributed by atoms with Gasteiger partial charge in [0.1, 0.15) is 11.5 Å². The molecule has 5 heterocycles. The van der Waals surface area contributed by atoms with Crippen LogP contribution in [-0.2, 0) is 17.8 Å². The van der Waals surface area contributed by atoms with Gasteiger partial charge < -0.3 is 20.0 Å². The maximum absolute atomic E-state index is 12.8. The molecule has 29 heavy (non-hydrogen) atoms. The van der Waals surface area contributed by atoms with Crippen molar-refractivity contribution in [2.75, 3.05) is 26.2 Å². The number of carbonyl (C=O) groups excluding carboxylic acids is 1. The highest BCUT2D eigenvalue weighted by molar-refractivity contribution is 5.76. The van der Waals surface area contributed by atoms with E-state index in [1.807, 2.05) is 17.0 Å². The average Bonchev–Trinajstić information content (AvgIpc) is 3.19. The molecule has 0 saturated carbocycles. The molecule has 0 aromatic carbocycles. The number of rotatable bonds is 5. The maximum atomic E-state index is 12.8. The van der Waals surface area contributed by atoms with Crippen LogP contribution in [0.4, 0.5) is 0 Å². The molecule has 7 nitrogen and oxygen atoms in total. The minimum atomic E-state index is 0.233. The van der Waals surface area contributed by atoms with Crippen molar-refractivity contribution in [1.82, 2.24) is 25.5 Å². The van der Waals surface area contributed by atoms with E-state index in [2.05, 4.69) is 20.6 Å². The summed E-state index contributed by atoms with van der Waals surface area (Å²) in [4.78, 5) is 23.5. The molecule has 3 atom stereocenters. The van der Waals surface area contributed by atoms with E-state index in [4.69, 9.17) is 4.42 Å². The SMILES string of the molecule is O=C(CCC[C@@H]1NC[C@@H]2CNC[C@H]1C2)N1CCc2oc(-c3cccnc3)nc2C1. The molecule has 2 bridgehead atoms. The summed E-state index contributed by atoms with van der Waals surface area (Å²) < 4.78 is 5.92. The van der Waals surface area contributed by atoms with Gasteiger partial charge in [0.25, 0.3) is 0 Å². The Balaban J connectivity index is 1.14. The van der Waals surface area contributed by atoms with Gasteiger partial charge in [-0.05, 0) is 62.9 Å². The maximum Gasteiger partial charge on any atom is 0.228 e. The predicted octanol–water partition coefficient (Wildman–Crippen LogP) is 1.99. The molecule has 1 amide bonds. The second-order valence-corrected chi connectivity index (χ2v) is 8.62. The summed E-state index contributed by atoms with van der Waals surface area (Å²) in [6, 6.07) is 4.37. The first-order valence-electron chi connectivity index (χ1n) is 10.9. The number of nitrogens with one attached hydrogen (secondary N) is 2.